The van der Waals surface area contributed by atoms with Gasteiger partial charge in [-0.2, -0.15) is 0 Å². The Balaban J connectivity index is 1.51. The molecule has 1 heterocycles. The van der Waals surface area contributed by atoms with Crippen molar-refractivity contribution in [3.63, 3.8) is 0 Å². The van der Waals surface area contributed by atoms with Gasteiger partial charge in [0.2, 0.25) is 0 Å². The average molecular weight is 572 g/mol. The van der Waals surface area contributed by atoms with Gasteiger partial charge in [-0.25, -0.2) is 9.97 Å². The first kappa shape index (κ1) is 26.9. The number of rotatable bonds is 5. The first-order chi connectivity index (χ1) is 19.4. The molecule has 0 N–H and O–H groups in total. The summed E-state index contributed by atoms with van der Waals surface area (Å²) in [5.41, 5.74) is 12.7. The molecule has 7 rings (SSSR count). The van der Waals surface area contributed by atoms with Crippen LogP contribution in [-0.4, -0.2) is 78.0 Å². The van der Waals surface area contributed by atoms with Crippen molar-refractivity contribution in [1.82, 2.24) is 15.0 Å². The zero-order valence-corrected chi connectivity index (χ0v) is 27.5. The fraction of sp³-hybridized carbons (Fsp3) is 0.182. The van der Waals surface area contributed by atoms with E-state index in [9.17, 15) is 0 Å². The molecule has 5 aromatic rings. The minimum absolute atomic E-state index is 0.0375. The molecule has 2 atom stereocenters. The van der Waals surface area contributed by atoms with Gasteiger partial charge in [-0.05, 0) is 57.5 Å². The number of hydrogen-bond acceptors (Lipinski definition) is 3. The minimum Gasteiger partial charge on any atom is -0.260 e. The minimum atomic E-state index is -0.363. The molecule has 0 saturated heterocycles. The molecule has 3 nitrogen and oxygen atoms in total. The molecule has 184 valence electrons. The quantitative estimate of drug-likeness (QED) is 0.281. The van der Waals surface area contributed by atoms with E-state index < -0.39 is 0 Å². The lowest BCUT2D eigenvalue weighted by atomic mass is 9.70. The highest BCUT2D eigenvalue weighted by molar-refractivity contribution is 6.63. The third-order valence-corrected chi connectivity index (χ3v) is 11.3. The summed E-state index contributed by atoms with van der Waals surface area (Å²) in [4.78, 5) is 15.0. The Morgan fingerprint density at radius 1 is 0.600 bits per heavy atom. The molecule has 2 unspecified atom stereocenters. The number of nitrogens with zero attached hydrogens (tertiary/aromatic N) is 3. The van der Waals surface area contributed by atoms with Crippen LogP contribution in [-0.2, 0) is 5.41 Å². The lowest BCUT2D eigenvalue weighted by molar-refractivity contribution is 0.793. The first-order valence-electron chi connectivity index (χ1n) is 13.8. The number of benzene rings is 4. The Morgan fingerprint density at radius 2 is 1.10 bits per heavy atom. The second-order valence-corrected chi connectivity index (χ2v) is 18.5. The monoisotopic (exact) mass is 571 g/mol. The van der Waals surface area contributed by atoms with E-state index in [-0.39, 0.29) is 35.9 Å². The van der Waals surface area contributed by atoms with Crippen molar-refractivity contribution in [2.45, 2.75) is 33.5 Å². The van der Waals surface area contributed by atoms with Crippen LogP contribution in [0.1, 0.15) is 41.7 Å². The molecule has 40 heavy (non-hydrogen) atoms. The molecule has 2 aliphatic rings. The zero-order valence-electron chi connectivity index (χ0n) is 22.9. The number of hydrogen-bond donors (Lipinski definition) is 0. The van der Waals surface area contributed by atoms with E-state index in [2.05, 4.69) is 138 Å². The third-order valence-electron chi connectivity index (χ3n) is 8.00. The lowest BCUT2D eigenvalue weighted by Crippen LogP contribution is -2.37. The maximum atomic E-state index is 5.05. The SMILES string of the molecule is Cc1ccc2c(c1)C1(c3ccccc3-c3ccccc31)c1cc(-c3n[c]([Al][CH](C)[Al])n[c]([Al][CH](C)[Al])n3)ccc1-2. The molecule has 0 saturated carbocycles. The van der Waals surface area contributed by atoms with Crippen molar-refractivity contribution in [2.24, 2.45) is 0 Å². The first-order valence-corrected chi connectivity index (χ1v) is 17.6. The normalized spacial score (nSPS) is 15.1. The van der Waals surface area contributed by atoms with E-state index in [0.717, 1.165) is 20.8 Å². The van der Waals surface area contributed by atoms with E-state index in [1.54, 1.807) is 0 Å². The van der Waals surface area contributed by atoms with Gasteiger partial charge in [-0.1, -0.05) is 98.3 Å². The van der Waals surface area contributed by atoms with E-state index in [4.69, 9.17) is 15.0 Å². The second-order valence-electron chi connectivity index (χ2n) is 11.1. The average Bonchev–Trinajstić information content (AvgIpc) is 3.38. The van der Waals surface area contributed by atoms with Gasteiger partial charge >= 0.3 is 30.4 Å². The fourth-order valence-corrected chi connectivity index (χ4v) is 9.48. The van der Waals surface area contributed by atoms with Crippen molar-refractivity contribution in [3.05, 3.63) is 113 Å². The summed E-state index contributed by atoms with van der Waals surface area (Å²) in [5, 5.41) is 0. The molecule has 0 bridgehead atoms. The molecule has 0 fully saturated rings. The van der Waals surface area contributed by atoms with Crippen molar-refractivity contribution >= 4 is 72.4 Å². The molecule has 7 heteroatoms. The van der Waals surface area contributed by atoms with E-state index >= 15 is 0 Å². The van der Waals surface area contributed by atoms with Crippen molar-refractivity contribution < 1.29 is 0 Å². The molecular weight excluding hydrogens is 546 g/mol. The highest BCUT2D eigenvalue weighted by Crippen LogP contribution is 2.63. The molecular formula is C33H25Al4N3. The Morgan fingerprint density at radius 3 is 1.68 bits per heavy atom. The Labute approximate surface area is 265 Å². The van der Waals surface area contributed by atoms with Crippen molar-refractivity contribution in [1.29, 1.82) is 0 Å². The highest BCUT2D eigenvalue weighted by Gasteiger charge is 2.51. The molecule has 0 aliphatic heterocycles. The molecule has 1 spiro atoms. The second kappa shape index (κ2) is 10.4. The predicted octanol–water partition coefficient (Wildman–Crippen LogP) is 4.72. The van der Waals surface area contributed by atoms with E-state index in [1.807, 2.05) is 0 Å². The van der Waals surface area contributed by atoms with Crippen molar-refractivity contribution in [3.8, 4) is 33.6 Å². The van der Waals surface area contributed by atoms with Crippen LogP contribution in [0.2, 0.25) is 7.28 Å². The lowest BCUT2D eigenvalue weighted by Gasteiger charge is -2.31. The van der Waals surface area contributed by atoms with Crippen molar-refractivity contribution in [2.75, 3.05) is 0 Å². The Kier molecular flexibility index (Phi) is 6.98. The van der Waals surface area contributed by atoms with Crippen LogP contribution in [0.15, 0.2) is 84.9 Å². The number of fused-ring (bicyclic) bond motifs is 10. The van der Waals surface area contributed by atoms with E-state index in [0.29, 0.717) is 7.28 Å². The van der Waals surface area contributed by atoms with Gasteiger partial charge in [0, 0.05) is 14.9 Å². The summed E-state index contributed by atoms with van der Waals surface area (Å²) in [7, 11) is 0. The summed E-state index contributed by atoms with van der Waals surface area (Å²) < 4.78 is 2.90. The molecule has 2 aliphatic carbocycles. The summed E-state index contributed by atoms with van der Waals surface area (Å²) in [6.45, 7) is 6.65. The maximum absolute atomic E-state index is 5.05. The Hall–Kier alpha value is -1.98. The molecule has 1 aromatic heterocycles. The Bertz CT molecular complexity index is 1720. The van der Waals surface area contributed by atoms with Crippen LogP contribution >= 0.6 is 0 Å². The summed E-state index contributed by atoms with van der Waals surface area (Å²) in [5.74, 6) is 0.806. The van der Waals surface area contributed by atoms with Gasteiger partial charge in [-0.3, -0.25) is 4.98 Å². The number of aryl methyl sites for hydroxylation is 1. The molecule has 6 radical (unpaired) electrons. The van der Waals surface area contributed by atoms with Crippen LogP contribution < -0.4 is 9.37 Å². The van der Waals surface area contributed by atoms with Crippen LogP contribution in [0.4, 0.5) is 0 Å². The third kappa shape index (κ3) is 4.24. The standard InChI is InChI=1S/C29H17N3.2C2H4.4Al/c1-18-10-12-22-23-13-11-19(28-31-16-30-17-32-28)15-27(23)29(26(22)14-18)24-8-4-2-6-20(24)21-7-3-5-9-25(21)29;2*1-2;;;;/h2-15H,1H3;2*1H,2H3;;;;. The van der Waals surface area contributed by atoms with Crippen LogP contribution in [0.3, 0.4) is 0 Å². The van der Waals surface area contributed by atoms with Gasteiger partial charge in [0.15, 0.2) is 5.82 Å². The maximum Gasteiger partial charge on any atom is 0.303 e. The van der Waals surface area contributed by atoms with Crippen LogP contribution in [0.5, 0.6) is 0 Å². The van der Waals surface area contributed by atoms with Crippen LogP contribution in [0, 0.1) is 6.92 Å². The van der Waals surface area contributed by atoms with Gasteiger partial charge < -0.3 is 0 Å². The summed E-state index contributed by atoms with van der Waals surface area (Å²) in [6.07, 6.45) is 0. The molecule has 0 amide bonds. The smallest absolute Gasteiger partial charge is 0.260 e. The highest BCUT2D eigenvalue weighted by atomic mass is 27.2. The fourth-order valence-electron chi connectivity index (χ4n) is 6.55. The summed E-state index contributed by atoms with van der Waals surface area (Å²) >= 11 is 5.76. The number of aromatic nitrogens is 3. The van der Waals surface area contributed by atoms with Crippen LogP contribution in [0.25, 0.3) is 33.6 Å². The van der Waals surface area contributed by atoms with Gasteiger partial charge in [0.25, 0.3) is 0 Å². The van der Waals surface area contributed by atoms with Gasteiger partial charge in [-0.15, -0.1) is 7.28 Å². The summed E-state index contributed by atoms with van der Waals surface area (Å²) in [6, 6.07) is 31.8. The molecule has 4 aromatic carbocycles. The van der Waals surface area contributed by atoms with Gasteiger partial charge in [0.05, 0.1) is 38.0 Å². The van der Waals surface area contributed by atoms with Gasteiger partial charge in [0.1, 0.15) is 0 Å². The topological polar surface area (TPSA) is 38.7 Å². The largest absolute Gasteiger partial charge is 0.303 e. The van der Waals surface area contributed by atoms with E-state index in [1.165, 1.54) is 50.1 Å². The zero-order chi connectivity index (χ0) is 27.6. The predicted molar refractivity (Wildman–Crippen MR) is 167 cm³/mol.